The molecule has 0 bridgehead atoms. The molecule has 1 aliphatic heterocycles. The number of amides is 1. The number of ketones is 2. The molecule has 0 saturated carbocycles. The zero-order valence-electron chi connectivity index (χ0n) is 22.2. The largest absolute Gasteiger partial charge is 0.357 e. The average molecular weight is 563 g/mol. The summed E-state index contributed by atoms with van der Waals surface area (Å²) in [6.07, 6.45) is 12.5. The van der Waals surface area contributed by atoms with Crippen LogP contribution in [0.25, 0.3) is 16.7 Å². The van der Waals surface area contributed by atoms with Crippen molar-refractivity contribution in [1.29, 1.82) is 0 Å². The van der Waals surface area contributed by atoms with E-state index in [2.05, 4.69) is 31.2 Å². The Labute approximate surface area is 239 Å². The van der Waals surface area contributed by atoms with Crippen molar-refractivity contribution in [2.45, 2.75) is 6.42 Å². The summed E-state index contributed by atoms with van der Waals surface area (Å²) in [6.45, 7) is 1.14. The highest BCUT2D eigenvalue weighted by Crippen LogP contribution is 2.27. The van der Waals surface area contributed by atoms with Crippen LogP contribution in [0.1, 0.15) is 31.8 Å². The SMILES string of the molecule is C#Cc1cccc(CC(=O)c2cccnc2N2CCN(C(=O)C(=O)c3c[nH]c4c(-n5ccnn5)ncc(F)c34)CC2)c1. The number of aromatic amines is 1. The minimum atomic E-state index is -0.841. The zero-order chi connectivity index (χ0) is 29.2. The number of hydrogen-bond donors (Lipinski definition) is 1. The third-order valence-corrected chi connectivity index (χ3v) is 7.13. The number of carbonyl (C=O) groups is 3. The predicted molar refractivity (Wildman–Crippen MR) is 151 cm³/mol. The maximum Gasteiger partial charge on any atom is 0.295 e. The fourth-order valence-electron chi connectivity index (χ4n) is 5.07. The third kappa shape index (κ3) is 4.88. The summed E-state index contributed by atoms with van der Waals surface area (Å²) >= 11 is 0. The van der Waals surface area contributed by atoms with Crippen LogP contribution in [-0.4, -0.2) is 78.5 Å². The second kappa shape index (κ2) is 11.1. The Morgan fingerprint density at radius 1 is 1.00 bits per heavy atom. The first-order chi connectivity index (χ1) is 20.4. The third-order valence-electron chi connectivity index (χ3n) is 7.13. The van der Waals surface area contributed by atoms with Gasteiger partial charge in [-0.15, -0.1) is 11.5 Å². The van der Waals surface area contributed by atoms with Gasteiger partial charge < -0.3 is 14.8 Å². The second-order valence-corrected chi connectivity index (χ2v) is 9.66. The molecule has 4 aromatic heterocycles. The molecule has 5 heterocycles. The maximum absolute atomic E-state index is 14.8. The number of hydrogen-bond acceptors (Lipinski definition) is 8. The number of nitrogens with zero attached hydrogens (tertiary/aromatic N) is 7. The van der Waals surface area contributed by atoms with Crippen LogP contribution in [0.15, 0.2) is 67.4 Å². The lowest BCUT2D eigenvalue weighted by Crippen LogP contribution is -2.51. The van der Waals surface area contributed by atoms with Gasteiger partial charge in [0.15, 0.2) is 17.4 Å². The van der Waals surface area contributed by atoms with Crippen molar-refractivity contribution in [3.05, 3.63) is 95.5 Å². The Bertz CT molecular complexity index is 1870. The minimum absolute atomic E-state index is 0.0445. The number of piperazine rings is 1. The Hall–Kier alpha value is -5.70. The number of carbonyl (C=O) groups excluding carboxylic acids is 3. The number of aromatic nitrogens is 6. The predicted octanol–water partition coefficient (Wildman–Crippen LogP) is 2.62. The van der Waals surface area contributed by atoms with Gasteiger partial charge in [-0.05, 0) is 29.8 Å². The highest BCUT2D eigenvalue weighted by molar-refractivity contribution is 6.45. The molecular formula is C30H23FN8O3. The van der Waals surface area contributed by atoms with Crippen molar-refractivity contribution in [1.82, 2.24) is 34.8 Å². The average Bonchev–Trinajstić information content (AvgIpc) is 3.72. The van der Waals surface area contributed by atoms with Crippen molar-refractivity contribution < 1.29 is 18.8 Å². The van der Waals surface area contributed by atoms with Gasteiger partial charge in [0.1, 0.15) is 5.82 Å². The van der Waals surface area contributed by atoms with Gasteiger partial charge in [0.25, 0.3) is 11.7 Å². The molecule has 1 fully saturated rings. The molecular weight excluding hydrogens is 539 g/mol. The van der Waals surface area contributed by atoms with Crippen LogP contribution in [0, 0.1) is 18.2 Å². The van der Waals surface area contributed by atoms with Gasteiger partial charge in [0.2, 0.25) is 0 Å². The molecule has 1 aliphatic rings. The number of rotatable bonds is 7. The molecule has 1 amide bonds. The van der Waals surface area contributed by atoms with Gasteiger partial charge in [-0.2, -0.15) is 0 Å². The van der Waals surface area contributed by atoms with Crippen LogP contribution in [0.2, 0.25) is 0 Å². The Morgan fingerprint density at radius 2 is 1.83 bits per heavy atom. The molecule has 0 spiro atoms. The normalized spacial score (nSPS) is 13.2. The molecule has 6 rings (SSSR count). The zero-order valence-corrected chi connectivity index (χ0v) is 22.2. The van der Waals surface area contributed by atoms with E-state index < -0.39 is 17.5 Å². The van der Waals surface area contributed by atoms with Gasteiger partial charge in [-0.3, -0.25) is 14.4 Å². The Kier molecular flexibility index (Phi) is 6.98. The van der Waals surface area contributed by atoms with Gasteiger partial charge in [-0.1, -0.05) is 23.3 Å². The second-order valence-electron chi connectivity index (χ2n) is 9.66. The number of Topliss-reactive ketones (excluding diaryl/α,β-unsaturated/α-hetero) is 2. The van der Waals surface area contributed by atoms with E-state index in [1.54, 1.807) is 30.5 Å². The Morgan fingerprint density at radius 3 is 2.60 bits per heavy atom. The molecule has 1 N–H and O–H groups in total. The van der Waals surface area contributed by atoms with E-state index in [-0.39, 0.29) is 47.6 Å². The van der Waals surface area contributed by atoms with E-state index in [0.717, 1.165) is 11.8 Å². The molecule has 5 aromatic rings. The van der Waals surface area contributed by atoms with Crippen molar-refractivity contribution in [2.24, 2.45) is 0 Å². The molecule has 11 nitrogen and oxygen atoms in total. The fourth-order valence-corrected chi connectivity index (χ4v) is 5.07. The summed E-state index contributed by atoms with van der Waals surface area (Å²) in [6, 6.07) is 10.7. The summed E-state index contributed by atoms with van der Waals surface area (Å²) in [5.41, 5.74) is 2.09. The monoisotopic (exact) mass is 562 g/mol. The molecule has 1 saturated heterocycles. The molecule has 1 aromatic carbocycles. The first-order valence-electron chi connectivity index (χ1n) is 13.1. The highest BCUT2D eigenvalue weighted by atomic mass is 19.1. The number of nitrogens with one attached hydrogen (secondary N) is 1. The van der Waals surface area contributed by atoms with Gasteiger partial charge in [0.05, 0.1) is 40.6 Å². The lowest BCUT2D eigenvalue weighted by molar-refractivity contribution is -0.126. The van der Waals surface area contributed by atoms with E-state index in [1.165, 1.54) is 28.2 Å². The van der Waals surface area contributed by atoms with Crippen LogP contribution < -0.4 is 4.90 Å². The van der Waals surface area contributed by atoms with Crippen molar-refractivity contribution in [3.63, 3.8) is 0 Å². The van der Waals surface area contributed by atoms with E-state index in [4.69, 9.17) is 6.42 Å². The summed E-state index contributed by atoms with van der Waals surface area (Å²) in [7, 11) is 0. The van der Waals surface area contributed by atoms with Gasteiger partial charge >= 0.3 is 0 Å². The first-order valence-corrected chi connectivity index (χ1v) is 13.1. The standard InChI is InChI=1S/C30H23FN8O3/c1-2-19-5-3-6-20(15-19)16-24(40)21-7-4-8-32-28(21)37-11-13-38(14-12-37)30(42)27(41)22-17-33-26-25(22)23(31)18-34-29(26)39-10-9-35-36-39/h1,3-10,15,17-18,33H,11-14,16H2. The number of H-pyrrole nitrogens is 1. The fraction of sp³-hybridized carbons (Fsp3) is 0.167. The molecule has 42 heavy (non-hydrogen) atoms. The first kappa shape index (κ1) is 26.5. The summed E-state index contributed by atoms with van der Waals surface area (Å²) in [5.74, 6) is 0.894. The molecule has 0 unspecified atom stereocenters. The number of anilines is 1. The molecule has 208 valence electrons. The van der Waals surface area contributed by atoms with Crippen molar-refractivity contribution in [3.8, 4) is 18.2 Å². The van der Waals surface area contributed by atoms with E-state index in [0.29, 0.717) is 30.0 Å². The summed E-state index contributed by atoms with van der Waals surface area (Å²) < 4.78 is 16.2. The van der Waals surface area contributed by atoms with Crippen LogP contribution in [0.4, 0.5) is 10.2 Å². The van der Waals surface area contributed by atoms with Crippen molar-refractivity contribution in [2.75, 3.05) is 31.1 Å². The molecule has 0 radical (unpaired) electrons. The molecule has 0 aliphatic carbocycles. The van der Waals surface area contributed by atoms with E-state index >= 15 is 0 Å². The number of halogens is 1. The van der Waals surface area contributed by atoms with Crippen LogP contribution in [-0.2, 0) is 11.2 Å². The lowest BCUT2D eigenvalue weighted by Gasteiger charge is -2.35. The number of pyridine rings is 2. The summed E-state index contributed by atoms with van der Waals surface area (Å²) in [5, 5.41) is 7.56. The van der Waals surface area contributed by atoms with Gasteiger partial charge in [0, 0.05) is 50.6 Å². The van der Waals surface area contributed by atoms with Crippen LogP contribution >= 0.6 is 0 Å². The van der Waals surface area contributed by atoms with Crippen molar-refractivity contribution >= 4 is 34.2 Å². The van der Waals surface area contributed by atoms with Gasteiger partial charge in [-0.25, -0.2) is 19.0 Å². The lowest BCUT2D eigenvalue weighted by atomic mass is 10.0. The highest BCUT2D eigenvalue weighted by Gasteiger charge is 2.31. The molecule has 12 heteroatoms. The number of terminal acetylenes is 1. The number of fused-ring (bicyclic) bond motifs is 1. The topological polar surface area (TPSA) is 130 Å². The quantitative estimate of drug-likeness (QED) is 0.182. The molecule has 0 atom stereocenters. The maximum atomic E-state index is 14.8. The van der Waals surface area contributed by atoms with E-state index in [1.807, 2.05) is 17.0 Å². The summed E-state index contributed by atoms with van der Waals surface area (Å²) in [4.78, 5) is 54.4. The Balaban J connectivity index is 1.17. The smallest absolute Gasteiger partial charge is 0.295 e. The minimum Gasteiger partial charge on any atom is -0.357 e. The van der Waals surface area contributed by atoms with Crippen LogP contribution in [0.3, 0.4) is 0 Å². The number of benzene rings is 1. The van der Waals surface area contributed by atoms with E-state index in [9.17, 15) is 18.8 Å². The van der Waals surface area contributed by atoms with Crippen LogP contribution in [0.5, 0.6) is 0 Å².